The Hall–Kier alpha value is -2.37. The summed E-state index contributed by atoms with van der Waals surface area (Å²) in [6.07, 6.45) is 2.31. The third kappa shape index (κ3) is 5.16. The number of benzene rings is 2. The van der Waals surface area contributed by atoms with Gasteiger partial charge in [0.25, 0.3) is 5.91 Å². The van der Waals surface area contributed by atoms with E-state index in [1.165, 1.54) is 28.8 Å². The van der Waals surface area contributed by atoms with Crippen molar-refractivity contribution >= 4 is 11.6 Å². The highest BCUT2D eigenvalue weighted by Gasteiger charge is 2.25. The van der Waals surface area contributed by atoms with Crippen molar-refractivity contribution in [3.8, 4) is 0 Å². The van der Waals surface area contributed by atoms with Crippen molar-refractivity contribution in [2.45, 2.75) is 45.1 Å². The van der Waals surface area contributed by atoms with Gasteiger partial charge in [0.05, 0.1) is 19.3 Å². The number of aryl methyl sites for hydroxylation is 1. The molecule has 2 aliphatic heterocycles. The monoisotopic (exact) mass is 435 g/mol. The van der Waals surface area contributed by atoms with Crippen LogP contribution in [0.5, 0.6) is 0 Å². The maximum absolute atomic E-state index is 12.9. The number of anilines is 1. The summed E-state index contributed by atoms with van der Waals surface area (Å²) in [5.74, 6) is -0.0126. The lowest BCUT2D eigenvalue weighted by molar-refractivity contribution is 0.0162. The number of amides is 1. The number of ether oxygens (including phenoxy) is 1. The zero-order valence-electron chi connectivity index (χ0n) is 20.0. The maximum Gasteiger partial charge on any atom is 0.251 e. The molecule has 2 aromatic carbocycles. The number of carbonyl (C=O) groups is 1. The van der Waals surface area contributed by atoms with Gasteiger partial charge in [0, 0.05) is 44.5 Å². The molecule has 1 atom stereocenters. The summed E-state index contributed by atoms with van der Waals surface area (Å²) >= 11 is 0. The van der Waals surface area contributed by atoms with E-state index in [0.717, 1.165) is 39.3 Å². The molecule has 0 aromatic heterocycles. The molecule has 32 heavy (non-hydrogen) atoms. The molecule has 4 rings (SSSR count). The first kappa shape index (κ1) is 22.8. The summed E-state index contributed by atoms with van der Waals surface area (Å²) in [6.45, 7) is 11.5. The molecule has 172 valence electrons. The Morgan fingerprint density at radius 2 is 1.78 bits per heavy atom. The summed E-state index contributed by atoms with van der Waals surface area (Å²) in [5.41, 5.74) is 6.06. The van der Waals surface area contributed by atoms with E-state index < -0.39 is 0 Å². The molecule has 2 heterocycles. The van der Waals surface area contributed by atoms with Gasteiger partial charge in [-0.15, -0.1) is 0 Å². The topological polar surface area (TPSA) is 44.8 Å². The first-order valence-corrected chi connectivity index (χ1v) is 11.9. The van der Waals surface area contributed by atoms with Gasteiger partial charge >= 0.3 is 0 Å². The molecule has 1 N–H and O–H groups in total. The van der Waals surface area contributed by atoms with Gasteiger partial charge < -0.3 is 15.0 Å². The van der Waals surface area contributed by atoms with Crippen molar-refractivity contribution in [1.82, 2.24) is 10.2 Å². The van der Waals surface area contributed by atoms with E-state index in [9.17, 15) is 4.79 Å². The standard InChI is InChI=1S/C27H37N3O2/c1-27(2,3)23-10-7-20(8-11-23)26(31)28-19-25(30-14-16-32-17-15-30)22-9-12-24-21(18-22)6-5-13-29(24)4/h7-12,18,25H,5-6,13-17,19H2,1-4H3,(H,28,31)/t25-/m0/s1. The maximum atomic E-state index is 12.9. The van der Waals surface area contributed by atoms with Crippen LogP contribution < -0.4 is 10.2 Å². The molecule has 0 aliphatic carbocycles. The van der Waals surface area contributed by atoms with E-state index >= 15 is 0 Å². The van der Waals surface area contributed by atoms with Gasteiger partial charge in [0.2, 0.25) is 0 Å². The Morgan fingerprint density at radius 3 is 2.47 bits per heavy atom. The quantitative estimate of drug-likeness (QED) is 0.766. The minimum Gasteiger partial charge on any atom is -0.379 e. The molecule has 2 aromatic rings. The summed E-state index contributed by atoms with van der Waals surface area (Å²) in [7, 11) is 2.17. The average molecular weight is 436 g/mol. The van der Waals surface area contributed by atoms with Gasteiger partial charge in [-0.05, 0) is 53.1 Å². The summed E-state index contributed by atoms with van der Waals surface area (Å²) in [4.78, 5) is 17.7. The summed E-state index contributed by atoms with van der Waals surface area (Å²) in [5, 5.41) is 3.21. The van der Waals surface area contributed by atoms with Crippen molar-refractivity contribution in [2.75, 3.05) is 51.3 Å². The lowest BCUT2D eigenvalue weighted by Gasteiger charge is -2.36. The summed E-state index contributed by atoms with van der Waals surface area (Å²) in [6, 6.07) is 15.0. The van der Waals surface area contributed by atoms with Crippen LogP contribution in [0.2, 0.25) is 0 Å². The second kappa shape index (κ2) is 9.63. The largest absolute Gasteiger partial charge is 0.379 e. The van der Waals surface area contributed by atoms with Crippen molar-refractivity contribution in [3.05, 3.63) is 64.7 Å². The molecule has 1 saturated heterocycles. The van der Waals surface area contributed by atoms with Crippen LogP contribution in [0.15, 0.2) is 42.5 Å². The van der Waals surface area contributed by atoms with E-state index in [-0.39, 0.29) is 17.4 Å². The Kier molecular flexibility index (Phi) is 6.87. The van der Waals surface area contributed by atoms with Gasteiger partial charge in [0.1, 0.15) is 0 Å². The van der Waals surface area contributed by atoms with Gasteiger partial charge in [-0.3, -0.25) is 9.69 Å². The van der Waals surface area contributed by atoms with E-state index in [4.69, 9.17) is 4.74 Å². The van der Waals surface area contributed by atoms with Gasteiger partial charge in [-0.1, -0.05) is 45.0 Å². The second-order valence-corrected chi connectivity index (χ2v) is 10.1. The third-order valence-corrected chi connectivity index (χ3v) is 6.79. The molecular weight excluding hydrogens is 398 g/mol. The van der Waals surface area contributed by atoms with Gasteiger partial charge in [-0.2, -0.15) is 0 Å². The lowest BCUT2D eigenvalue weighted by Crippen LogP contribution is -2.44. The SMILES string of the molecule is CN1CCCc2cc([C@H](CNC(=O)c3ccc(C(C)(C)C)cc3)N3CCOCC3)ccc21. The van der Waals surface area contributed by atoms with Gasteiger partial charge in [0.15, 0.2) is 0 Å². The number of carbonyl (C=O) groups excluding carboxylic acids is 1. The van der Waals surface area contributed by atoms with E-state index in [0.29, 0.717) is 12.1 Å². The molecule has 0 bridgehead atoms. The zero-order valence-corrected chi connectivity index (χ0v) is 20.0. The van der Waals surface area contributed by atoms with Crippen LogP contribution in [0.1, 0.15) is 60.3 Å². The third-order valence-electron chi connectivity index (χ3n) is 6.79. The highest BCUT2D eigenvalue weighted by Crippen LogP contribution is 2.31. The number of fused-ring (bicyclic) bond motifs is 1. The Morgan fingerprint density at radius 1 is 1.06 bits per heavy atom. The minimum atomic E-state index is -0.0126. The Bertz CT molecular complexity index is 927. The molecule has 5 heteroatoms. The van der Waals surface area contributed by atoms with Crippen molar-refractivity contribution in [3.63, 3.8) is 0 Å². The number of nitrogens with one attached hydrogen (secondary N) is 1. The smallest absolute Gasteiger partial charge is 0.251 e. The second-order valence-electron chi connectivity index (χ2n) is 10.1. The Balaban J connectivity index is 1.51. The predicted molar refractivity (Wildman–Crippen MR) is 131 cm³/mol. The van der Waals surface area contributed by atoms with Crippen molar-refractivity contribution in [1.29, 1.82) is 0 Å². The molecule has 0 spiro atoms. The predicted octanol–water partition coefficient (Wildman–Crippen LogP) is 4.17. The molecule has 2 aliphatic rings. The normalized spacial score (nSPS) is 18.2. The van der Waals surface area contributed by atoms with E-state index in [1.807, 2.05) is 12.1 Å². The highest BCUT2D eigenvalue weighted by atomic mass is 16.5. The van der Waals surface area contributed by atoms with Crippen LogP contribution >= 0.6 is 0 Å². The zero-order chi connectivity index (χ0) is 22.7. The number of rotatable bonds is 5. The van der Waals surface area contributed by atoms with Gasteiger partial charge in [-0.25, -0.2) is 0 Å². The highest BCUT2D eigenvalue weighted by molar-refractivity contribution is 5.94. The van der Waals surface area contributed by atoms with Crippen LogP contribution in [-0.4, -0.2) is 57.2 Å². The minimum absolute atomic E-state index is 0.0126. The van der Waals surface area contributed by atoms with Crippen LogP contribution in [0.3, 0.4) is 0 Å². The first-order chi connectivity index (χ1) is 15.3. The number of hydrogen-bond acceptors (Lipinski definition) is 4. The van der Waals surface area contributed by atoms with Crippen molar-refractivity contribution < 1.29 is 9.53 Å². The molecule has 1 fully saturated rings. The molecular formula is C27H37N3O2. The molecule has 0 unspecified atom stereocenters. The molecule has 5 nitrogen and oxygen atoms in total. The number of nitrogens with zero attached hydrogens (tertiary/aromatic N) is 2. The van der Waals surface area contributed by atoms with Crippen LogP contribution in [-0.2, 0) is 16.6 Å². The number of morpholine rings is 1. The van der Waals surface area contributed by atoms with Crippen LogP contribution in [0.25, 0.3) is 0 Å². The van der Waals surface area contributed by atoms with E-state index in [2.05, 4.69) is 73.3 Å². The van der Waals surface area contributed by atoms with E-state index in [1.54, 1.807) is 0 Å². The fourth-order valence-corrected chi connectivity index (χ4v) is 4.77. The number of hydrogen-bond donors (Lipinski definition) is 1. The average Bonchev–Trinajstić information content (AvgIpc) is 2.79. The lowest BCUT2D eigenvalue weighted by atomic mass is 9.86. The molecule has 0 radical (unpaired) electrons. The fraction of sp³-hybridized carbons (Fsp3) is 0.519. The first-order valence-electron chi connectivity index (χ1n) is 11.9. The fourth-order valence-electron chi connectivity index (χ4n) is 4.77. The van der Waals surface area contributed by atoms with Crippen molar-refractivity contribution in [2.24, 2.45) is 0 Å². The molecule has 1 amide bonds. The molecule has 0 saturated carbocycles. The Labute approximate surface area is 192 Å². The summed E-state index contributed by atoms with van der Waals surface area (Å²) < 4.78 is 5.59. The van der Waals surface area contributed by atoms with Crippen LogP contribution in [0.4, 0.5) is 5.69 Å². The van der Waals surface area contributed by atoms with Crippen LogP contribution in [0, 0.1) is 0 Å².